The third-order valence-corrected chi connectivity index (χ3v) is 4.41. The number of carboxylic acids is 2. The molecule has 4 heteroatoms. The van der Waals surface area contributed by atoms with E-state index >= 15 is 0 Å². The molecule has 0 bridgehead atoms. The maximum absolute atomic E-state index is 11.5. The molecule has 0 aliphatic carbocycles. The van der Waals surface area contributed by atoms with Crippen LogP contribution in [0.2, 0.25) is 0 Å². The number of aryl methyl sites for hydroxylation is 1. The number of carbonyl (C=O) groups excluding carboxylic acids is 2. The molecule has 1 rings (SSSR count). The van der Waals surface area contributed by atoms with E-state index in [-0.39, 0.29) is 11.1 Å². The number of unbranched alkanes of at least 4 members (excludes halogenated alkanes) is 6. The summed E-state index contributed by atoms with van der Waals surface area (Å²) in [6.45, 7) is 4.24. The van der Waals surface area contributed by atoms with Gasteiger partial charge in [-0.05, 0) is 36.8 Å². The van der Waals surface area contributed by atoms with Gasteiger partial charge in [0.15, 0.2) is 0 Å². The molecule has 0 radical (unpaired) electrons. The summed E-state index contributed by atoms with van der Waals surface area (Å²) in [4.78, 5) is 22.8. The van der Waals surface area contributed by atoms with Gasteiger partial charge in [0.05, 0.1) is 11.9 Å². The van der Waals surface area contributed by atoms with Crippen LogP contribution in [0.25, 0.3) is 0 Å². The number of benzene rings is 1. The predicted molar refractivity (Wildman–Crippen MR) is 90.8 cm³/mol. The van der Waals surface area contributed by atoms with Crippen molar-refractivity contribution < 1.29 is 19.8 Å². The van der Waals surface area contributed by atoms with Crippen molar-refractivity contribution in [3.8, 4) is 0 Å². The highest BCUT2D eigenvalue weighted by Crippen LogP contribution is 2.23. The van der Waals surface area contributed by atoms with Gasteiger partial charge in [-0.3, -0.25) is 0 Å². The number of hydrogen-bond acceptors (Lipinski definition) is 4. The summed E-state index contributed by atoms with van der Waals surface area (Å²) in [6.07, 6.45) is 9.88. The summed E-state index contributed by atoms with van der Waals surface area (Å²) in [7, 11) is 0. The lowest BCUT2D eigenvalue weighted by Crippen LogP contribution is -2.31. The Labute approximate surface area is 144 Å². The largest absolute Gasteiger partial charge is 0.545 e. The summed E-state index contributed by atoms with van der Waals surface area (Å²) in [6, 6.07) is 3.08. The van der Waals surface area contributed by atoms with Crippen LogP contribution in [-0.2, 0) is 12.8 Å². The fourth-order valence-electron chi connectivity index (χ4n) is 3.06. The van der Waals surface area contributed by atoms with E-state index in [0.717, 1.165) is 44.1 Å². The minimum atomic E-state index is -1.46. The van der Waals surface area contributed by atoms with Crippen molar-refractivity contribution in [1.82, 2.24) is 0 Å². The Kier molecular flexibility index (Phi) is 9.13. The van der Waals surface area contributed by atoms with Crippen molar-refractivity contribution in [2.75, 3.05) is 0 Å². The van der Waals surface area contributed by atoms with Crippen molar-refractivity contribution in [3.05, 3.63) is 34.4 Å². The van der Waals surface area contributed by atoms with Crippen LogP contribution >= 0.6 is 0 Å². The third kappa shape index (κ3) is 5.99. The Balaban J connectivity index is 2.99. The van der Waals surface area contributed by atoms with E-state index in [1.54, 1.807) is 6.07 Å². The molecule has 4 nitrogen and oxygen atoms in total. The van der Waals surface area contributed by atoms with E-state index in [0.29, 0.717) is 12.0 Å². The molecular formula is C20H28O4-2. The van der Waals surface area contributed by atoms with Crippen molar-refractivity contribution in [1.29, 1.82) is 0 Å². The van der Waals surface area contributed by atoms with E-state index in [9.17, 15) is 19.8 Å². The average molecular weight is 332 g/mol. The quantitative estimate of drug-likeness (QED) is 0.551. The zero-order chi connectivity index (χ0) is 17.9. The summed E-state index contributed by atoms with van der Waals surface area (Å²) in [5.41, 5.74) is 1.10. The highest BCUT2D eigenvalue weighted by atomic mass is 16.4. The van der Waals surface area contributed by atoms with Gasteiger partial charge >= 0.3 is 0 Å². The Bertz CT molecular complexity index is 549. The SMILES string of the molecule is CCCCCCCCc1c(CCCC)ccc(C(=O)[O-])c1C(=O)[O-]. The zero-order valence-electron chi connectivity index (χ0n) is 14.9. The molecule has 24 heavy (non-hydrogen) atoms. The van der Waals surface area contributed by atoms with Gasteiger partial charge in [0.25, 0.3) is 0 Å². The van der Waals surface area contributed by atoms with Crippen LogP contribution < -0.4 is 10.2 Å². The van der Waals surface area contributed by atoms with Crippen LogP contribution in [0.5, 0.6) is 0 Å². The summed E-state index contributed by atoms with van der Waals surface area (Å²) < 4.78 is 0. The minimum Gasteiger partial charge on any atom is -0.545 e. The fourth-order valence-corrected chi connectivity index (χ4v) is 3.06. The Morgan fingerprint density at radius 1 is 0.792 bits per heavy atom. The molecule has 134 valence electrons. The second-order valence-corrected chi connectivity index (χ2v) is 6.32. The summed E-state index contributed by atoms with van der Waals surface area (Å²) in [5, 5.41) is 22.8. The van der Waals surface area contributed by atoms with Gasteiger partial charge in [-0.2, -0.15) is 0 Å². The van der Waals surface area contributed by atoms with Crippen LogP contribution in [0.3, 0.4) is 0 Å². The molecule has 0 amide bonds. The standard InChI is InChI=1S/C20H30O4/c1-3-5-7-8-9-10-12-16-15(11-6-4-2)13-14-17(19(21)22)18(16)20(23)24/h13-14H,3-12H2,1-2H3,(H,21,22)(H,23,24)/p-2. The number of carboxylic acid groups (broad SMARTS) is 2. The van der Waals surface area contributed by atoms with E-state index < -0.39 is 11.9 Å². The molecule has 0 atom stereocenters. The molecule has 0 saturated carbocycles. The van der Waals surface area contributed by atoms with Gasteiger partial charge in [0, 0.05) is 11.1 Å². The van der Waals surface area contributed by atoms with E-state index in [4.69, 9.17) is 0 Å². The van der Waals surface area contributed by atoms with Crippen LogP contribution in [0.1, 0.15) is 97.1 Å². The number of rotatable bonds is 12. The Morgan fingerprint density at radius 3 is 2.00 bits per heavy atom. The first kappa shape index (κ1) is 20.2. The van der Waals surface area contributed by atoms with Crippen LogP contribution in [0.15, 0.2) is 12.1 Å². The summed E-state index contributed by atoms with van der Waals surface area (Å²) >= 11 is 0. The van der Waals surface area contributed by atoms with Crippen LogP contribution in [0, 0.1) is 0 Å². The van der Waals surface area contributed by atoms with Gasteiger partial charge in [-0.1, -0.05) is 64.5 Å². The number of aromatic carboxylic acids is 2. The van der Waals surface area contributed by atoms with Crippen LogP contribution in [-0.4, -0.2) is 11.9 Å². The van der Waals surface area contributed by atoms with Gasteiger partial charge in [0.2, 0.25) is 0 Å². The molecule has 1 aromatic carbocycles. The van der Waals surface area contributed by atoms with E-state index in [1.165, 1.54) is 25.3 Å². The van der Waals surface area contributed by atoms with Crippen LogP contribution in [0.4, 0.5) is 0 Å². The van der Waals surface area contributed by atoms with Crippen molar-refractivity contribution in [2.24, 2.45) is 0 Å². The van der Waals surface area contributed by atoms with Crippen molar-refractivity contribution >= 4 is 11.9 Å². The van der Waals surface area contributed by atoms with Crippen molar-refractivity contribution in [2.45, 2.75) is 78.1 Å². The topological polar surface area (TPSA) is 80.3 Å². The predicted octanol–water partition coefficient (Wildman–Crippen LogP) is 2.66. The normalized spacial score (nSPS) is 10.8. The smallest absolute Gasteiger partial charge is 0.0724 e. The zero-order valence-corrected chi connectivity index (χ0v) is 14.9. The molecule has 0 heterocycles. The molecule has 0 unspecified atom stereocenters. The summed E-state index contributed by atoms with van der Waals surface area (Å²) in [5.74, 6) is -2.88. The molecule has 1 aromatic rings. The second-order valence-electron chi connectivity index (χ2n) is 6.32. The van der Waals surface area contributed by atoms with Gasteiger partial charge in [-0.25, -0.2) is 0 Å². The van der Waals surface area contributed by atoms with Crippen molar-refractivity contribution in [3.63, 3.8) is 0 Å². The molecule has 0 N–H and O–H groups in total. The van der Waals surface area contributed by atoms with E-state index in [1.807, 2.05) is 0 Å². The lowest BCUT2D eigenvalue weighted by atomic mass is 9.89. The maximum Gasteiger partial charge on any atom is 0.0724 e. The number of hydrogen-bond donors (Lipinski definition) is 0. The maximum atomic E-state index is 11.5. The Morgan fingerprint density at radius 2 is 1.42 bits per heavy atom. The first-order chi connectivity index (χ1) is 11.5. The van der Waals surface area contributed by atoms with Gasteiger partial charge in [0.1, 0.15) is 0 Å². The molecule has 0 aromatic heterocycles. The first-order valence-corrected chi connectivity index (χ1v) is 9.10. The molecule has 0 fully saturated rings. The fraction of sp³-hybridized carbons (Fsp3) is 0.600. The Hall–Kier alpha value is -1.84. The highest BCUT2D eigenvalue weighted by molar-refractivity contribution is 6.01. The van der Waals surface area contributed by atoms with Gasteiger partial charge < -0.3 is 19.8 Å². The molecular weight excluding hydrogens is 304 g/mol. The van der Waals surface area contributed by atoms with E-state index in [2.05, 4.69) is 13.8 Å². The molecule has 0 spiro atoms. The lowest BCUT2D eigenvalue weighted by Gasteiger charge is -2.20. The van der Waals surface area contributed by atoms with Gasteiger partial charge in [-0.15, -0.1) is 0 Å². The molecule has 0 aliphatic heterocycles. The highest BCUT2D eigenvalue weighted by Gasteiger charge is 2.14. The molecule has 0 aliphatic rings. The number of carbonyl (C=O) groups is 2. The third-order valence-electron chi connectivity index (χ3n) is 4.41. The average Bonchev–Trinajstić information content (AvgIpc) is 2.55. The monoisotopic (exact) mass is 332 g/mol. The first-order valence-electron chi connectivity index (χ1n) is 9.10. The minimum absolute atomic E-state index is 0.183. The lowest BCUT2D eigenvalue weighted by molar-refractivity contribution is -0.259. The molecule has 0 saturated heterocycles. The second kappa shape index (κ2) is 10.8.